The zero-order valence-electron chi connectivity index (χ0n) is 18.7. The minimum absolute atomic E-state index is 0.0635. The number of esters is 1. The Morgan fingerprint density at radius 2 is 1.58 bits per heavy atom. The molecule has 0 saturated heterocycles. The summed E-state index contributed by atoms with van der Waals surface area (Å²) in [7, 11) is 1.57. The minimum Gasteiger partial charge on any atom is -0.497 e. The van der Waals surface area contributed by atoms with E-state index in [4.69, 9.17) is 9.47 Å². The van der Waals surface area contributed by atoms with E-state index in [0.29, 0.717) is 28.1 Å². The van der Waals surface area contributed by atoms with Crippen molar-refractivity contribution in [2.45, 2.75) is 20.0 Å². The Bertz CT molecular complexity index is 1170. The van der Waals surface area contributed by atoms with Gasteiger partial charge in [0.25, 0.3) is 5.91 Å². The lowest BCUT2D eigenvalue weighted by Gasteiger charge is -2.15. The molecule has 3 aromatic carbocycles. The number of hydrogen-bond acceptors (Lipinski definition) is 5. The number of rotatable bonds is 8. The topological polar surface area (TPSA) is 81.7 Å². The van der Waals surface area contributed by atoms with Crippen LogP contribution >= 0.6 is 0 Å². The van der Waals surface area contributed by atoms with Crippen molar-refractivity contribution in [3.63, 3.8) is 0 Å². The third kappa shape index (κ3) is 6.40. The Kier molecular flexibility index (Phi) is 7.76. The first kappa shape index (κ1) is 23.5. The molecule has 0 saturated carbocycles. The Morgan fingerprint density at radius 1 is 0.879 bits per heavy atom. The van der Waals surface area contributed by atoms with Crippen LogP contribution in [0.4, 0.5) is 5.69 Å². The lowest BCUT2D eigenvalue weighted by atomic mass is 10.0. The van der Waals surface area contributed by atoms with Crippen molar-refractivity contribution in [1.82, 2.24) is 0 Å². The van der Waals surface area contributed by atoms with E-state index in [1.165, 1.54) is 13.8 Å². The van der Waals surface area contributed by atoms with Gasteiger partial charge in [-0.3, -0.25) is 9.59 Å². The van der Waals surface area contributed by atoms with Gasteiger partial charge in [-0.25, -0.2) is 4.79 Å². The van der Waals surface area contributed by atoms with Crippen LogP contribution in [0, 0.1) is 0 Å². The molecule has 6 heteroatoms. The number of anilines is 1. The highest BCUT2D eigenvalue weighted by Crippen LogP contribution is 2.23. The summed E-state index contributed by atoms with van der Waals surface area (Å²) in [5, 5.41) is 2.69. The zero-order valence-corrected chi connectivity index (χ0v) is 18.7. The van der Waals surface area contributed by atoms with E-state index in [1.54, 1.807) is 55.7 Å². The van der Waals surface area contributed by atoms with Crippen LogP contribution < -0.4 is 10.1 Å². The van der Waals surface area contributed by atoms with Crippen LogP contribution in [0.25, 0.3) is 11.6 Å². The van der Waals surface area contributed by atoms with E-state index in [0.717, 1.165) is 5.56 Å². The molecular formula is C27H25NO5. The van der Waals surface area contributed by atoms with Crippen molar-refractivity contribution < 1.29 is 23.9 Å². The molecule has 6 nitrogen and oxygen atoms in total. The van der Waals surface area contributed by atoms with Crippen LogP contribution in [0.15, 0.2) is 78.9 Å². The van der Waals surface area contributed by atoms with E-state index in [9.17, 15) is 14.4 Å². The molecule has 1 unspecified atom stereocenters. The van der Waals surface area contributed by atoms with Crippen LogP contribution in [0.1, 0.15) is 35.3 Å². The second-order valence-corrected chi connectivity index (χ2v) is 7.37. The molecule has 0 bridgehead atoms. The highest BCUT2D eigenvalue weighted by Gasteiger charge is 2.22. The normalized spacial score (nSPS) is 11.9. The standard InChI is InChI=1S/C27H25NO5/c1-18(29)21-12-14-23(15-13-21)28-26(30)19(2)33-27(31)25(22-9-5-4-6-10-22)17-20-8-7-11-24(16-20)32-3/h4-17,19H,1-3H3,(H,28,30)/b25-17+. The Morgan fingerprint density at radius 3 is 2.21 bits per heavy atom. The number of ether oxygens (including phenoxy) is 2. The van der Waals surface area contributed by atoms with E-state index in [1.807, 2.05) is 36.4 Å². The SMILES string of the molecule is COc1cccc(/C=C(/C(=O)OC(C)C(=O)Nc2ccc(C(C)=O)cc2)c2ccccc2)c1. The monoisotopic (exact) mass is 443 g/mol. The third-order valence-electron chi connectivity index (χ3n) is 4.92. The molecule has 0 fully saturated rings. The molecule has 0 heterocycles. The molecule has 1 N–H and O–H groups in total. The van der Waals surface area contributed by atoms with Gasteiger partial charge in [-0.2, -0.15) is 0 Å². The summed E-state index contributed by atoms with van der Waals surface area (Å²) in [6, 6.07) is 22.9. The summed E-state index contributed by atoms with van der Waals surface area (Å²) in [6.07, 6.45) is 0.660. The van der Waals surface area contributed by atoms with E-state index in [-0.39, 0.29) is 5.78 Å². The van der Waals surface area contributed by atoms with Gasteiger partial charge in [-0.1, -0.05) is 42.5 Å². The molecule has 168 valence electrons. The summed E-state index contributed by atoms with van der Waals surface area (Å²) in [5.41, 5.74) is 2.78. The summed E-state index contributed by atoms with van der Waals surface area (Å²) < 4.78 is 10.7. The predicted molar refractivity (Wildman–Crippen MR) is 128 cm³/mol. The highest BCUT2D eigenvalue weighted by atomic mass is 16.5. The van der Waals surface area contributed by atoms with Gasteiger partial charge in [-0.15, -0.1) is 0 Å². The number of hydrogen-bond donors (Lipinski definition) is 1. The fraction of sp³-hybridized carbons (Fsp3) is 0.148. The fourth-order valence-electron chi connectivity index (χ4n) is 3.09. The van der Waals surface area contributed by atoms with Gasteiger partial charge >= 0.3 is 5.97 Å². The van der Waals surface area contributed by atoms with Crippen LogP contribution in [-0.4, -0.2) is 30.9 Å². The lowest BCUT2D eigenvalue weighted by molar-refractivity contribution is -0.147. The van der Waals surface area contributed by atoms with Gasteiger partial charge in [0, 0.05) is 11.3 Å². The maximum atomic E-state index is 13.1. The minimum atomic E-state index is -1.04. The average Bonchev–Trinajstić information content (AvgIpc) is 2.83. The molecule has 0 aliphatic heterocycles. The van der Waals surface area contributed by atoms with Gasteiger partial charge < -0.3 is 14.8 Å². The molecule has 1 amide bonds. The Labute approximate surface area is 192 Å². The third-order valence-corrected chi connectivity index (χ3v) is 4.92. The highest BCUT2D eigenvalue weighted by molar-refractivity contribution is 6.22. The number of carbonyl (C=O) groups excluding carboxylic acids is 3. The number of carbonyl (C=O) groups is 3. The summed E-state index contributed by atoms with van der Waals surface area (Å²) in [4.78, 5) is 37.0. The predicted octanol–water partition coefficient (Wildman–Crippen LogP) is 5.01. The molecule has 3 aromatic rings. The molecular weight excluding hydrogens is 418 g/mol. The first-order valence-electron chi connectivity index (χ1n) is 10.4. The van der Waals surface area contributed by atoms with Crippen LogP contribution in [0.5, 0.6) is 5.75 Å². The number of nitrogens with one attached hydrogen (secondary N) is 1. The van der Waals surface area contributed by atoms with Crippen molar-refractivity contribution >= 4 is 35.0 Å². The molecule has 0 aliphatic rings. The largest absolute Gasteiger partial charge is 0.497 e. The summed E-state index contributed by atoms with van der Waals surface area (Å²) in [6.45, 7) is 2.98. The summed E-state index contributed by atoms with van der Waals surface area (Å²) >= 11 is 0. The first-order valence-corrected chi connectivity index (χ1v) is 10.4. The van der Waals surface area contributed by atoms with Gasteiger partial charge in [0.15, 0.2) is 11.9 Å². The van der Waals surface area contributed by atoms with Crippen molar-refractivity contribution in [2.24, 2.45) is 0 Å². The molecule has 0 aromatic heterocycles. The first-order chi connectivity index (χ1) is 15.9. The lowest BCUT2D eigenvalue weighted by Crippen LogP contribution is -2.30. The number of ketones is 1. The number of Topliss-reactive ketones (excluding diaryl/α,β-unsaturated/α-hetero) is 1. The molecule has 0 radical (unpaired) electrons. The van der Waals surface area contributed by atoms with Gasteiger partial charge in [0.2, 0.25) is 0 Å². The smallest absolute Gasteiger partial charge is 0.339 e. The quantitative estimate of drug-likeness (QED) is 0.229. The maximum absolute atomic E-state index is 13.1. The van der Waals surface area contributed by atoms with E-state index in [2.05, 4.69) is 5.32 Å². The maximum Gasteiger partial charge on any atom is 0.339 e. The Hall–Kier alpha value is -4.19. The second-order valence-electron chi connectivity index (χ2n) is 7.37. The average molecular weight is 443 g/mol. The van der Waals surface area contributed by atoms with Crippen molar-refractivity contribution in [3.05, 3.63) is 95.6 Å². The number of methoxy groups -OCH3 is 1. The number of benzene rings is 3. The Balaban J connectivity index is 1.77. The number of amides is 1. The molecule has 0 aliphatic carbocycles. The van der Waals surface area contributed by atoms with Gasteiger partial charge in [0.1, 0.15) is 5.75 Å². The van der Waals surface area contributed by atoms with E-state index < -0.39 is 18.0 Å². The van der Waals surface area contributed by atoms with Gasteiger partial charge in [-0.05, 0) is 67.4 Å². The second kappa shape index (κ2) is 10.9. The van der Waals surface area contributed by atoms with Crippen LogP contribution in [0.2, 0.25) is 0 Å². The molecule has 3 rings (SSSR count). The zero-order chi connectivity index (χ0) is 23.8. The van der Waals surface area contributed by atoms with Crippen molar-refractivity contribution in [3.8, 4) is 5.75 Å². The van der Waals surface area contributed by atoms with Crippen molar-refractivity contribution in [1.29, 1.82) is 0 Å². The fourth-order valence-corrected chi connectivity index (χ4v) is 3.09. The van der Waals surface area contributed by atoms with Crippen LogP contribution in [0.3, 0.4) is 0 Å². The van der Waals surface area contributed by atoms with Crippen molar-refractivity contribution in [2.75, 3.05) is 12.4 Å². The molecule has 1 atom stereocenters. The molecule has 33 heavy (non-hydrogen) atoms. The van der Waals surface area contributed by atoms with Gasteiger partial charge in [0.05, 0.1) is 12.7 Å². The van der Waals surface area contributed by atoms with Crippen LogP contribution in [-0.2, 0) is 14.3 Å². The molecule has 0 spiro atoms. The summed E-state index contributed by atoms with van der Waals surface area (Å²) in [5.74, 6) is -0.508. The van der Waals surface area contributed by atoms with E-state index >= 15 is 0 Å².